The number of rotatable bonds is 6. The number of carbonyl (C=O) groups excluding carboxylic acids is 1. The van der Waals surface area contributed by atoms with E-state index in [2.05, 4.69) is 12.2 Å². The molecular formula is C16H21NO3. The SMILES string of the molecule is CCCCCC1C(C(=O)O)NC(=O)C1c1ccccc1. The van der Waals surface area contributed by atoms with Gasteiger partial charge in [-0.25, -0.2) is 4.79 Å². The summed E-state index contributed by atoms with van der Waals surface area (Å²) in [7, 11) is 0. The molecule has 4 nitrogen and oxygen atoms in total. The Kier molecular flexibility index (Phi) is 4.77. The van der Waals surface area contributed by atoms with Gasteiger partial charge in [-0.1, -0.05) is 56.5 Å². The van der Waals surface area contributed by atoms with E-state index in [1.165, 1.54) is 0 Å². The van der Waals surface area contributed by atoms with Crippen LogP contribution in [0.2, 0.25) is 0 Å². The quantitative estimate of drug-likeness (QED) is 0.784. The van der Waals surface area contributed by atoms with Gasteiger partial charge in [-0.05, 0) is 12.0 Å². The zero-order valence-electron chi connectivity index (χ0n) is 11.7. The number of carboxylic acids is 1. The average Bonchev–Trinajstić information content (AvgIpc) is 2.77. The summed E-state index contributed by atoms with van der Waals surface area (Å²) in [6.07, 6.45) is 3.88. The van der Waals surface area contributed by atoms with Crippen molar-refractivity contribution in [2.24, 2.45) is 5.92 Å². The Morgan fingerprint density at radius 2 is 1.95 bits per heavy atom. The van der Waals surface area contributed by atoms with Crippen LogP contribution >= 0.6 is 0 Å². The van der Waals surface area contributed by atoms with Gasteiger partial charge in [0, 0.05) is 5.92 Å². The van der Waals surface area contributed by atoms with Crippen LogP contribution in [0.3, 0.4) is 0 Å². The van der Waals surface area contributed by atoms with Crippen LogP contribution in [0.25, 0.3) is 0 Å². The van der Waals surface area contributed by atoms with Gasteiger partial charge in [0.2, 0.25) is 5.91 Å². The highest BCUT2D eigenvalue weighted by Gasteiger charge is 2.45. The Morgan fingerprint density at radius 1 is 1.25 bits per heavy atom. The highest BCUT2D eigenvalue weighted by molar-refractivity contribution is 5.93. The van der Waals surface area contributed by atoms with Crippen molar-refractivity contribution in [3.63, 3.8) is 0 Å². The molecule has 108 valence electrons. The predicted molar refractivity (Wildman–Crippen MR) is 76.4 cm³/mol. The van der Waals surface area contributed by atoms with Gasteiger partial charge >= 0.3 is 5.97 Å². The molecule has 0 saturated carbocycles. The summed E-state index contributed by atoms with van der Waals surface area (Å²) in [6.45, 7) is 2.11. The fourth-order valence-electron chi connectivity index (χ4n) is 3.00. The van der Waals surface area contributed by atoms with Crippen molar-refractivity contribution in [1.82, 2.24) is 5.32 Å². The zero-order valence-corrected chi connectivity index (χ0v) is 11.7. The van der Waals surface area contributed by atoms with E-state index in [9.17, 15) is 14.7 Å². The van der Waals surface area contributed by atoms with Crippen molar-refractivity contribution in [2.75, 3.05) is 0 Å². The fraction of sp³-hybridized carbons (Fsp3) is 0.500. The molecule has 2 N–H and O–H groups in total. The minimum atomic E-state index is -0.932. The molecule has 20 heavy (non-hydrogen) atoms. The van der Waals surface area contributed by atoms with Crippen LogP contribution < -0.4 is 5.32 Å². The summed E-state index contributed by atoms with van der Waals surface area (Å²) in [5.41, 5.74) is 0.912. The van der Waals surface area contributed by atoms with E-state index < -0.39 is 12.0 Å². The van der Waals surface area contributed by atoms with Gasteiger partial charge in [0.05, 0.1) is 5.92 Å². The minimum Gasteiger partial charge on any atom is -0.480 e. The molecule has 0 aliphatic carbocycles. The summed E-state index contributed by atoms with van der Waals surface area (Å²) in [5.74, 6) is -1.59. The number of carboxylic acid groups (broad SMARTS) is 1. The van der Waals surface area contributed by atoms with Crippen LogP contribution in [0.15, 0.2) is 30.3 Å². The van der Waals surface area contributed by atoms with Crippen molar-refractivity contribution in [3.8, 4) is 0 Å². The van der Waals surface area contributed by atoms with Gasteiger partial charge in [0.15, 0.2) is 0 Å². The molecule has 0 radical (unpaired) electrons. The number of unbranched alkanes of at least 4 members (excludes halogenated alkanes) is 2. The third-order valence-corrected chi connectivity index (χ3v) is 4.00. The van der Waals surface area contributed by atoms with Crippen molar-refractivity contribution < 1.29 is 14.7 Å². The van der Waals surface area contributed by atoms with Crippen LogP contribution in [0, 0.1) is 5.92 Å². The lowest BCUT2D eigenvalue weighted by Crippen LogP contribution is -2.36. The molecule has 3 unspecified atom stereocenters. The molecule has 1 amide bonds. The normalized spacial score (nSPS) is 25.4. The van der Waals surface area contributed by atoms with Gasteiger partial charge in [-0.15, -0.1) is 0 Å². The summed E-state index contributed by atoms with van der Waals surface area (Å²) in [5, 5.41) is 11.9. The average molecular weight is 275 g/mol. The van der Waals surface area contributed by atoms with E-state index in [4.69, 9.17) is 0 Å². The number of benzene rings is 1. The minimum absolute atomic E-state index is 0.158. The summed E-state index contributed by atoms with van der Waals surface area (Å²) in [4.78, 5) is 23.5. The molecule has 1 saturated heterocycles. The Bertz CT molecular complexity index is 472. The Balaban J connectivity index is 2.22. The highest BCUT2D eigenvalue weighted by Crippen LogP contribution is 2.36. The molecule has 3 atom stereocenters. The van der Waals surface area contributed by atoms with E-state index in [-0.39, 0.29) is 17.7 Å². The van der Waals surface area contributed by atoms with Gasteiger partial charge in [0.1, 0.15) is 6.04 Å². The molecule has 1 heterocycles. The van der Waals surface area contributed by atoms with E-state index >= 15 is 0 Å². The van der Waals surface area contributed by atoms with E-state index in [0.717, 1.165) is 31.2 Å². The van der Waals surface area contributed by atoms with E-state index in [1.54, 1.807) is 0 Å². The third kappa shape index (κ3) is 3.00. The van der Waals surface area contributed by atoms with Crippen LogP contribution in [0.1, 0.15) is 44.1 Å². The zero-order chi connectivity index (χ0) is 14.5. The maximum atomic E-state index is 12.2. The third-order valence-electron chi connectivity index (χ3n) is 4.00. The Morgan fingerprint density at radius 3 is 2.55 bits per heavy atom. The predicted octanol–water partition coefficient (Wildman–Crippen LogP) is 2.55. The first-order valence-electron chi connectivity index (χ1n) is 7.23. The van der Waals surface area contributed by atoms with E-state index in [0.29, 0.717) is 0 Å². The lowest BCUT2D eigenvalue weighted by Gasteiger charge is -2.20. The molecule has 0 bridgehead atoms. The molecule has 1 aliphatic rings. The second kappa shape index (κ2) is 6.55. The maximum Gasteiger partial charge on any atom is 0.326 e. The Hall–Kier alpha value is -1.84. The number of hydrogen-bond acceptors (Lipinski definition) is 2. The van der Waals surface area contributed by atoms with Crippen LogP contribution in [-0.2, 0) is 9.59 Å². The van der Waals surface area contributed by atoms with Crippen molar-refractivity contribution in [1.29, 1.82) is 0 Å². The number of hydrogen-bond donors (Lipinski definition) is 2. The fourth-order valence-corrected chi connectivity index (χ4v) is 3.00. The number of nitrogens with one attached hydrogen (secondary N) is 1. The van der Waals surface area contributed by atoms with Crippen molar-refractivity contribution >= 4 is 11.9 Å². The first kappa shape index (κ1) is 14.6. The maximum absolute atomic E-state index is 12.2. The van der Waals surface area contributed by atoms with Gasteiger partial charge in [-0.3, -0.25) is 4.79 Å². The van der Waals surface area contributed by atoms with Gasteiger partial charge < -0.3 is 10.4 Å². The molecule has 2 rings (SSSR count). The number of carbonyl (C=O) groups is 2. The highest BCUT2D eigenvalue weighted by atomic mass is 16.4. The van der Waals surface area contributed by atoms with Crippen molar-refractivity contribution in [3.05, 3.63) is 35.9 Å². The summed E-state index contributed by atoms with van der Waals surface area (Å²) in [6, 6.07) is 8.73. The largest absolute Gasteiger partial charge is 0.480 e. The molecule has 0 aromatic heterocycles. The number of aliphatic carboxylic acids is 1. The smallest absolute Gasteiger partial charge is 0.326 e. The molecule has 1 fully saturated rings. The lowest BCUT2D eigenvalue weighted by molar-refractivity contribution is -0.141. The molecule has 1 aromatic rings. The number of amides is 1. The molecular weight excluding hydrogens is 254 g/mol. The first-order chi connectivity index (χ1) is 9.65. The summed E-state index contributed by atoms with van der Waals surface area (Å²) >= 11 is 0. The molecule has 1 aliphatic heterocycles. The van der Waals surface area contributed by atoms with E-state index in [1.807, 2.05) is 30.3 Å². The molecule has 0 spiro atoms. The van der Waals surface area contributed by atoms with Crippen LogP contribution in [0.4, 0.5) is 0 Å². The Labute approximate surface area is 119 Å². The van der Waals surface area contributed by atoms with Crippen LogP contribution in [0.5, 0.6) is 0 Å². The van der Waals surface area contributed by atoms with Crippen LogP contribution in [-0.4, -0.2) is 23.0 Å². The second-order valence-electron chi connectivity index (χ2n) is 5.37. The first-order valence-corrected chi connectivity index (χ1v) is 7.23. The summed E-state index contributed by atoms with van der Waals surface area (Å²) < 4.78 is 0. The standard InChI is InChI=1S/C16H21NO3/c1-2-3-5-10-12-13(11-8-6-4-7-9-11)15(18)17-14(12)16(19)20/h4,6-9,12-14H,2-3,5,10H2,1H3,(H,17,18)(H,19,20). The monoisotopic (exact) mass is 275 g/mol. The molecule has 4 heteroatoms. The van der Waals surface area contributed by atoms with Gasteiger partial charge in [0.25, 0.3) is 0 Å². The second-order valence-corrected chi connectivity index (χ2v) is 5.37. The lowest BCUT2D eigenvalue weighted by atomic mass is 9.81. The topological polar surface area (TPSA) is 66.4 Å². The van der Waals surface area contributed by atoms with Crippen molar-refractivity contribution in [2.45, 2.75) is 44.6 Å². The van der Waals surface area contributed by atoms with Gasteiger partial charge in [-0.2, -0.15) is 0 Å². The molecule has 1 aromatic carbocycles.